The van der Waals surface area contributed by atoms with Crippen molar-refractivity contribution in [3.8, 4) is 0 Å². The van der Waals surface area contributed by atoms with Gasteiger partial charge in [0.05, 0.1) is 17.4 Å². The zero-order chi connectivity index (χ0) is 24.0. The summed E-state index contributed by atoms with van der Waals surface area (Å²) in [5.74, 6) is -0.0838. The van der Waals surface area contributed by atoms with Gasteiger partial charge in [0, 0.05) is 17.0 Å². The van der Waals surface area contributed by atoms with Gasteiger partial charge < -0.3 is 10.6 Å². The van der Waals surface area contributed by atoms with Crippen LogP contribution in [0.2, 0.25) is 0 Å². The van der Waals surface area contributed by atoms with Gasteiger partial charge in [-0.25, -0.2) is 0 Å². The second-order valence-electron chi connectivity index (χ2n) is 9.08. The number of amides is 3. The minimum Gasteiger partial charge on any atom is -0.326 e. The number of benzene rings is 2. The Bertz CT molecular complexity index is 1050. The molecule has 0 spiro atoms. The fraction of sp³-hybridized carbons (Fsp3) is 0.360. The lowest BCUT2D eigenvalue weighted by Gasteiger charge is -2.18. The Morgan fingerprint density at radius 3 is 2.48 bits per heavy atom. The number of hydrogen-bond acceptors (Lipinski definition) is 5. The number of thioether (sulfide) groups is 1. The van der Waals surface area contributed by atoms with Crippen LogP contribution in [0, 0.1) is 5.41 Å². The van der Waals surface area contributed by atoms with Crippen molar-refractivity contribution in [2.75, 3.05) is 10.3 Å². The van der Waals surface area contributed by atoms with Gasteiger partial charge in [-0.2, -0.15) is 10.1 Å². The van der Waals surface area contributed by atoms with Gasteiger partial charge in [-0.3, -0.25) is 14.4 Å². The summed E-state index contributed by atoms with van der Waals surface area (Å²) in [6.07, 6.45) is 1.07. The van der Waals surface area contributed by atoms with Crippen molar-refractivity contribution >= 4 is 46.7 Å². The number of rotatable bonds is 7. The lowest BCUT2D eigenvalue weighted by Crippen LogP contribution is -2.36. The number of para-hydroxylation sites is 1. The maximum atomic E-state index is 12.9. The van der Waals surface area contributed by atoms with Crippen molar-refractivity contribution in [3.63, 3.8) is 0 Å². The summed E-state index contributed by atoms with van der Waals surface area (Å²) in [7, 11) is 0. The van der Waals surface area contributed by atoms with Crippen molar-refractivity contribution in [1.29, 1.82) is 0 Å². The molecule has 2 aromatic rings. The molecular formula is C25H30N4O3S. The van der Waals surface area contributed by atoms with E-state index in [1.54, 1.807) is 12.1 Å². The van der Waals surface area contributed by atoms with Crippen LogP contribution in [-0.2, 0) is 14.4 Å². The van der Waals surface area contributed by atoms with Crippen LogP contribution in [-0.4, -0.2) is 28.8 Å². The molecule has 33 heavy (non-hydrogen) atoms. The number of carbonyl (C=O) groups is 3. The number of hydrogen-bond donors (Lipinski definition) is 2. The highest BCUT2D eigenvalue weighted by atomic mass is 32.2. The molecule has 0 fully saturated rings. The number of nitrogens with one attached hydrogen (secondary N) is 2. The quantitative estimate of drug-likeness (QED) is 0.574. The van der Waals surface area contributed by atoms with E-state index < -0.39 is 0 Å². The van der Waals surface area contributed by atoms with Crippen LogP contribution >= 0.6 is 11.8 Å². The van der Waals surface area contributed by atoms with E-state index in [0.29, 0.717) is 30.1 Å². The van der Waals surface area contributed by atoms with Gasteiger partial charge in [-0.05, 0) is 42.2 Å². The molecule has 1 heterocycles. The van der Waals surface area contributed by atoms with E-state index in [1.165, 1.54) is 16.8 Å². The molecule has 7 nitrogen and oxygen atoms in total. The fourth-order valence-corrected chi connectivity index (χ4v) is 4.33. The minimum absolute atomic E-state index is 0.0404. The van der Waals surface area contributed by atoms with Gasteiger partial charge in [-0.1, -0.05) is 52.0 Å². The molecule has 1 aliphatic heterocycles. The third kappa shape index (κ3) is 7.18. The second-order valence-corrected chi connectivity index (χ2v) is 10.4. The lowest BCUT2D eigenvalue weighted by molar-refractivity contribution is -0.119. The lowest BCUT2D eigenvalue weighted by atomic mass is 9.92. The molecular weight excluding hydrogens is 436 g/mol. The van der Waals surface area contributed by atoms with Gasteiger partial charge >= 0.3 is 0 Å². The van der Waals surface area contributed by atoms with Gasteiger partial charge in [0.2, 0.25) is 11.8 Å². The highest BCUT2D eigenvalue weighted by Gasteiger charge is 2.28. The third-order valence-corrected chi connectivity index (χ3v) is 6.15. The van der Waals surface area contributed by atoms with Crippen LogP contribution in [0.15, 0.2) is 64.6 Å². The first-order valence-electron chi connectivity index (χ1n) is 11.0. The van der Waals surface area contributed by atoms with Crippen LogP contribution in [0.3, 0.4) is 0 Å². The smallest absolute Gasteiger partial charge is 0.255 e. The molecule has 1 aliphatic rings. The van der Waals surface area contributed by atoms with E-state index in [-0.39, 0.29) is 34.8 Å². The first-order valence-corrected chi connectivity index (χ1v) is 11.9. The summed E-state index contributed by atoms with van der Waals surface area (Å²) < 4.78 is 0. The first-order chi connectivity index (χ1) is 15.6. The van der Waals surface area contributed by atoms with Crippen molar-refractivity contribution in [2.45, 2.75) is 57.1 Å². The highest BCUT2D eigenvalue weighted by molar-refractivity contribution is 8.00. The van der Waals surface area contributed by atoms with Gasteiger partial charge in [0.1, 0.15) is 5.84 Å². The van der Waals surface area contributed by atoms with Crippen LogP contribution in [0.4, 0.5) is 11.4 Å². The van der Waals surface area contributed by atoms with Crippen LogP contribution in [0.1, 0.15) is 47.0 Å². The molecule has 2 aromatic carbocycles. The maximum absolute atomic E-state index is 12.9. The number of nitrogens with zero attached hydrogens (tertiary/aromatic N) is 2. The van der Waals surface area contributed by atoms with Crippen LogP contribution in [0.25, 0.3) is 0 Å². The average molecular weight is 467 g/mol. The normalized spacial score (nSPS) is 14.6. The molecule has 1 unspecified atom stereocenters. The van der Waals surface area contributed by atoms with E-state index in [4.69, 9.17) is 0 Å². The summed E-state index contributed by atoms with van der Waals surface area (Å²) in [6, 6.07) is 16.6. The third-order valence-electron chi connectivity index (χ3n) is 4.79. The minimum atomic E-state index is -0.367. The Balaban J connectivity index is 1.62. The summed E-state index contributed by atoms with van der Waals surface area (Å²) in [5.41, 5.74) is 1.27. The highest BCUT2D eigenvalue weighted by Crippen LogP contribution is 2.29. The molecule has 174 valence electrons. The fourth-order valence-electron chi connectivity index (χ4n) is 3.31. The second kappa shape index (κ2) is 10.7. The van der Waals surface area contributed by atoms with E-state index in [2.05, 4.69) is 15.7 Å². The van der Waals surface area contributed by atoms with Gasteiger partial charge in [0.25, 0.3) is 5.91 Å². The summed E-state index contributed by atoms with van der Waals surface area (Å²) in [4.78, 5) is 38.3. The molecule has 8 heteroatoms. The predicted octanol–water partition coefficient (Wildman–Crippen LogP) is 4.80. The SMILES string of the molecule is CCC(Sc1cccc(NC(=O)CC(C)(C)C)c1)C(=O)NC1=NN(c2ccccc2)C(=O)C1. The van der Waals surface area contributed by atoms with Gasteiger partial charge in [0.15, 0.2) is 0 Å². The molecule has 3 amide bonds. The number of anilines is 2. The van der Waals surface area contributed by atoms with Gasteiger partial charge in [-0.15, -0.1) is 11.8 Å². The number of hydrazone groups is 1. The molecule has 0 saturated carbocycles. The van der Waals surface area contributed by atoms with Crippen molar-refractivity contribution in [2.24, 2.45) is 10.5 Å². The first kappa shape index (κ1) is 24.5. The Labute approximate surface area is 199 Å². The molecule has 0 aromatic heterocycles. The Kier molecular flexibility index (Phi) is 7.92. The van der Waals surface area contributed by atoms with E-state index >= 15 is 0 Å². The van der Waals surface area contributed by atoms with E-state index in [0.717, 1.165) is 4.90 Å². The number of amidine groups is 1. The Morgan fingerprint density at radius 2 is 1.82 bits per heavy atom. The molecule has 3 rings (SSSR count). The van der Waals surface area contributed by atoms with Crippen LogP contribution in [0.5, 0.6) is 0 Å². The largest absolute Gasteiger partial charge is 0.326 e. The van der Waals surface area contributed by atoms with Crippen molar-refractivity contribution < 1.29 is 14.4 Å². The van der Waals surface area contributed by atoms with Crippen molar-refractivity contribution in [3.05, 3.63) is 54.6 Å². The van der Waals surface area contributed by atoms with E-state index in [9.17, 15) is 14.4 Å². The number of carbonyl (C=O) groups excluding carboxylic acids is 3. The molecule has 0 saturated heterocycles. The zero-order valence-electron chi connectivity index (χ0n) is 19.4. The van der Waals surface area contributed by atoms with Crippen molar-refractivity contribution in [1.82, 2.24) is 5.32 Å². The summed E-state index contributed by atoms with van der Waals surface area (Å²) >= 11 is 1.42. The summed E-state index contributed by atoms with van der Waals surface area (Å²) in [6.45, 7) is 7.99. The molecule has 1 atom stereocenters. The zero-order valence-corrected chi connectivity index (χ0v) is 20.2. The molecule has 0 bridgehead atoms. The van der Waals surface area contributed by atoms with E-state index in [1.807, 2.05) is 70.2 Å². The molecule has 2 N–H and O–H groups in total. The Hall–Kier alpha value is -3.13. The van der Waals surface area contributed by atoms with Crippen LogP contribution < -0.4 is 15.6 Å². The molecule has 0 radical (unpaired) electrons. The maximum Gasteiger partial charge on any atom is 0.255 e. The molecule has 0 aliphatic carbocycles. The topological polar surface area (TPSA) is 90.9 Å². The monoisotopic (exact) mass is 466 g/mol. The summed E-state index contributed by atoms with van der Waals surface area (Å²) in [5, 5.41) is 11.0. The average Bonchev–Trinajstić information content (AvgIpc) is 3.11. The Morgan fingerprint density at radius 1 is 1.09 bits per heavy atom. The predicted molar refractivity (Wildman–Crippen MR) is 133 cm³/mol. The standard InChI is InChI=1S/C25H30N4O3S/c1-5-20(33-19-13-9-10-17(14-19)26-22(30)16-25(2,3)4)24(32)27-21-15-23(31)29(28-21)18-11-7-6-8-12-18/h6-14,20H,5,15-16H2,1-4H3,(H,26,30)(H,27,28,32).